The van der Waals surface area contributed by atoms with Crippen LogP contribution in [0.15, 0.2) is 18.2 Å². The van der Waals surface area contributed by atoms with Gasteiger partial charge in [-0.05, 0) is 18.2 Å². The summed E-state index contributed by atoms with van der Waals surface area (Å²) < 4.78 is 0. The van der Waals surface area contributed by atoms with E-state index in [1.165, 1.54) is 6.07 Å². The molecule has 62 valence electrons. The molecule has 0 aromatic heterocycles. The first-order chi connectivity index (χ1) is 5.77. The van der Waals surface area contributed by atoms with Crippen molar-refractivity contribution >= 4 is 5.91 Å². The molecule has 0 radical (unpaired) electrons. The zero-order valence-corrected chi connectivity index (χ0v) is 6.03. The molecule has 0 saturated heterocycles. The molecular formula is C7H6N2O3. The van der Waals surface area contributed by atoms with Crippen molar-refractivity contribution in [3.63, 3.8) is 0 Å². The van der Waals surface area contributed by atoms with E-state index in [0.29, 0.717) is 17.1 Å². The van der Waals surface area contributed by atoms with E-state index in [4.69, 9.17) is 15.4 Å². The van der Waals surface area contributed by atoms with Gasteiger partial charge in [0.05, 0.1) is 0 Å². The fourth-order valence-electron chi connectivity index (χ4n) is 0.936. The molecule has 1 heterocycles. The molecule has 0 aliphatic carbocycles. The molecule has 3 N–H and O–H groups in total. The first kappa shape index (κ1) is 6.93. The fourth-order valence-corrected chi connectivity index (χ4v) is 0.936. The van der Waals surface area contributed by atoms with E-state index in [1.54, 1.807) is 12.1 Å². The Morgan fingerprint density at radius 3 is 2.83 bits per heavy atom. The van der Waals surface area contributed by atoms with Gasteiger partial charge in [-0.2, -0.15) is 0 Å². The van der Waals surface area contributed by atoms with Crippen molar-refractivity contribution in [2.75, 3.05) is 0 Å². The highest BCUT2D eigenvalue weighted by Crippen LogP contribution is 2.30. The number of fused-ring (bicyclic) bond motifs is 1. The van der Waals surface area contributed by atoms with Gasteiger partial charge in [0.25, 0.3) is 0 Å². The normalized spacial score (nSPS) is 13.0. The number of benzene rings is 1. The Balaban J connectivity index is 2.45. The summed E-state index contributed by atoms with van der Waals surface area (Å²) in [5, 5.41) is 0. The summed E-state index contributed by atoms with van der Waals surface area (Å²) in [6.45, 7) is 0. The number of hydrogen-bond donors (Lipinski definition) is 2. The zero-order chi connectivity index (χ0) is 8.55. The van der Waals surface area contributed by atoms with Gasteiger partial charge in [-0.25, -0.2) is 0 Å². The summed E-state index contributed by atoms with van der Waals surface area (Å²) in [7, 11) is 0. The molecule has 0 bridgehead atoms. The Kier molecular flexibility index (Phi) is 1.38. The number of carbonyl (C=O) groups is 1. The van der Waals surface area contributed by atoms with Crippen molar-refractivity contribution in [1.29, 1.82) is 0 Å². The maximum absolute atomic E-state index is 10.7. The number of hydrogen-bond acceptors (Lipinski definition) is 4. The number of nitrogens with one attached hydrogen (secondary N) is 1. The second kappa shape index (κ2) is 2.38. The number of amides is 1. The predicted molar refractivity (Wildman–Crippen MR) is 39.4 cm³/mol. The Labute approximate surface area is 68.0 Å². The fraction of sp³-hybridized carbons (Fsp3) is 0. The SMILES string of the molecule is NC(=O)c1ccc2c(c1)ONO2. The van der Waals surface area contributed by atoms with E-state index in [1.807, 2.05) is 0 Å². The second-order valence-electron chi connectivity index (χ2n) is 2.31. The highest BCUT2D eigenvalue weighted by Gasteiger charge is 2.15. The summed E-state index contributed by atoms with van der Waals surface area (Å²) in [5.41, 5.74) is 7.64. The van der Waals surface area contributed by atoms with Crippen molar-refractivity contribution in [3.05, 3.63) is 23.8 Å². The predicted octanol–water partition coefficient (Wildman–Crippen LogP) is -0.0237. The summed E-state index contributed by atoms with van der Waals surface area (Å²) in [6.07, 6.45) is 0. The quantitative estimate of drug-likeness (QED) is 0.614. The van der Waals surface area contributed by atoms with Crippen LogP contribution in [-0.2, 0) is 0 Å². The highest BCUT2D eigenvalue weighted by molar-refractivity contribution is 5.93. The lowest BCUT2D eigenvalue weighted by Gasteiger charge is -1.95. The van der Waals surface area contributed by atoms with Gasteiger partial charge in [-0.15, -0.1) is 0 Å². The number of primary amides is 1. The van der Waals surface area contributed by atoms with Crippen LogP contribution in [0.2, 0.25) is 0 Å². The van der Waals surface area contributed by atoms with Crippen molar-refractivity contribution in [1.82, 2.24) is 5.64 Å². The van der Waals surface area contributed by atoms with Gasteiger partial charge in [0.15, 0.2) is 11.5 Å². The van der Waals surface area contributed by atoms with E-state index < -0.39 is 5.91 Å². The smallest absolute Gasteiger partial charge is 0.248 e. The van der Waals surface area contributed by atoms with Crippen LogP contribution in [0.3, 0.4) is 0 Å². The molecule has 2 rings (SSSR count). The molecule has 1 amide bonds. The summed E-state index contributed by atoms with van der Waals surface area (Å²) in [5.74, 6) is 0.514. The first-order valence-electron chi connectivity index (χ1n) is 3.30. The van der Waals surface area contributed by atoms with Gasteiger partial charge in [0, 0.05) is 11.2 Å². The van der Waals surface area contributed by atoms with Crippen molar-refractivity contribution < 1.29 is 14.5 Å². The Morgan fingerprint density at radius 2 is 2.08 bits per heavy atom. The van der Waals surface area contributed by atoms with Crippen LogP contribution in [0.4, 0.5) is 0 Å². The third-order valence-electron chi connectivity index (χ3n) is 1.53. The van der Waals surface area contributed by atoms with E-state index in [-0.39, 0.29) is 0 Å². The van der Waals surface area contributed by atoms with Crippen molar-refractivity contribution in [2.24, 2.45) is 5.73 Å². The largest absolute Gasteiger partial charge is 0.370 e. The lowest BCUT2D eigenvalue weighted by molar-refractivity contribution is 0.0259. The van der Waals surface area contributed by atoms with Crippen LogP contribution < -0.4 is 21.1 Å². The molecule has 12 heavy (non-hydrogen) atoms. The van der Waals surface area contributed by atoms with Crippen molar-refractivity contribution in [2.45, 2.75) is 0 Å². The highest BCUT2D eigenvalue weighted by atomic mass is 16.9. The average Bonchev–Trinajstić information content (AvgIpc) is 2.49. The molecule has 5 heteroatoms. The van der Waals surface area contributed by atoms with Gasteiger partial charge in [-0.3, -0.25) is 4.79 Å². The van der Waals surface area contributed by atoms with Crippen LogP contribution in [-0.4, -0.2) is 5.91 Å². The van der Waals surface area contributed by atoms with Crippen LogP contribution in [0, 0.1) is 0 Å². The van der Waals surface area contributed by atoms with E-state index in [0.717, 1.165) is 0 Å². The van der Waals surface area contributed by atoms with Gasteiger partial charge < -0.3 is 15.4 Å². The minimum atomic E-state index is -0.492. The maximum atomic E-state index is 10.7. The molecule has 1 aliphatic rings. The van der Waals surface area contributed by atoms with Gasteiger partial charge in [0.1, 0.15) is 0 Å². The van der Waals surface area contributed by atoms with Crippen LogP contribution in [0.5, 0.6) is 11.5 Å². The lowest BCUT2D eigenvalue weighted by Crippen LogP contribution is -2.14. The standard InChI is InChI=1S/C7H6N2O3/c8-7(10)4-1-2-5-6(3-4)12-9-11-5/h1-3,9H,(H2,8,10). The Hall–Kier alpha value is -1.75. The van der Waals surface area contributed by atoms with Gasteiger partial charge >= 0.3 is 0 Å². The van der Waals surface area contributed by atoms with E-state index in [9.17, 15) is 4.79 Å². The molecule has 0 saturated carbocycles. The molecule has 0 fully saturated rings. The summed E-state index contributed by atoms with van der Waals surface area (Å²) in [4.78, 5) is 20.3. The molecule has 0 atom stereocenters. The van der Waals surface area contributed by atoms with Crippen LogP contribution in [0.1, 0.15) is 10.4 Å². The van der Waals surface area contributed by atoms with Gasteiger partial charge in [0.2, 0.25) is 5.91 Å². The minimum Gasteiger partial charge on any atom is -0.370 e. The topological polar surface area (TPSA) is 73.6 Å². The molecule has 0 spiro atoms. The number of nitrogens with two attached hydrogens (primary N) is 1. The Morgan fingerprint density at radius 1 is 1.33 bits per heavy atom. The second-order valence-corrected chi connectivity index (χ2v) is 2.31. The molecule has 0 unspecified atom stereocenters. The van der Waals surface area contributed by atoms with E-state index >= 15 is 0 Å². The van der Waals surface area contributed by atoms with Crippen LogP contribution in [0.25, 0.3) is 0 Å². The number of carbonyl (C=O) groups excluding carboxylic acids is 1. The van der Waals surface area contributed by atoms with Crippen LogP contribution >= 0.6 is 0 Å². The summed E-state index contributed by atoms with van der Waals surface area (Å²) in [6, 6.07) is 4.69. The number of rotatable bonds is 1. The third-order valence-corrected chi connectivity index (χ3v) is 1.53. The average molecular weight is 166 g/mol. The molecular weight excluding hydrogens is 160 g/mol. The summed E-state index contributed by atoms with van der Waals surface area (Å²) >= 11 is 0. The van der Waals surface area contributed by atoms with E-state index in [2.05, 4.69) is 5.64 Å². The van der Waals surface area contributed by atoms with Gasteiger partial charge in [-0.1, -0.05) is 0 Å². The Bertz CT molecular complexity index is 337. The molecule has 1 aliphatic heterocycles. The molecule has 1 aromatic rings. The third kappa shape index (κ3) is 0.960. The maximum Gasteiger partial charge on any atom is 0.248 e. The first-order valence-corrected chi connectivity index (χ1v) is 3.30. The molecule has 1 aromatic carbocycles. The van der Waals surface area contributed by atoms with Crippen molar-refractivity contribution in [3.8, 4) is 11.5 Å². The molecule has 5 nitrogen and oxygen atoms in total. The minimum absolute atomic E-state index is 0.390. The lowest BCUT2D eigenvalue weighted by atomic mass is 10.2. The zero-order valence-electron chi connectivity index (χ0n) is 6.03. The monoisotopic (exact) mass is 166 g/mol.